The quantitative estimate of drug-likeness (QED) is 0.568. The summed E-state index contributed by atoms with van der Waals surface area (Å²) in [7, 11) is 0. The molecule has 1 aromatic heterocycles. The maximum Gasteiger partial charge on any atom is 0.272 e. The summed E-state index contributed by atoms with van der Waals surface area (Å²) in [5.74, 6) is -0.285. The third-order valence-electron chi connectivity index (χ3n) is 1.07. The van der Waals surface area contributed by atoms with Crippen LogP contribution in [0.5, 0.6) is 0 Å². The number of aromatic nitrogens is 1. The largest absolute Gasteiger partial charge is 0.290 e. The second kappa shape index (κ2) is 2.71. The molecule has 1 heterocycles. The lowest BCUT2D eigenvalue weighted by molar-refractivity contribution is 0.0964. The number of carbonyl (C=O) groups excluding carboxylic acids is 1. The van der Waals surface area contributed by atoms with Gasteiger partial charge in [-0.2, -0.15) is 0 Å². The van der Waals surface area contributed by atoms with E-state index in [2.05, 4.69) is 6.58 Å². The van der Waals surface area contributed by atoms with E-state index >= 15 is 0 Å². The van der Waals surface area contributed by atoms with Crippen molar-refractivity contribution in [3.63, 3.8) is 0 Å². The molecule has 0 N–H and O–H groups in total. The summed E-state index contributed by atoms with van der Waals surface area (Å²) in [5, 5.41) is 0.0243. The van der Waals surface area contributed by atoms with Gasteiger partial charge in [-0.15, -0.1) is 0 Å². The molecule has 1 rings (SSSR count). The first-order valence-electron chi connectivity index (χ1n) is 2.74. The zero-order valence-corrected chi connectivity index (χ0v) is 6.01. The number of allylic oxidation sites excluding steroid dienone is 1. The predicted octanol–water partition coefficient (Wildman–Crippen LogP) is 1.88. The Bertz CT molecular complexity index is 251. The van der Waals surface area contributed by atoms with Gasteiger partial charge in [-0.05, 0) is 12.1 Å². The number of rotatable bonds is 1. The molecule has 10 heavy (non-hydrogen) atoms. The van der Waals surface area contributed by atoms with Crippen molar-refractivity contribution in [2.75, 3.05) is 0 Å². The molecule has 0 atom stereocenters. The minimum absolute atomic E-state index is 0.0243. The van der Waals surface area contributed by atoms with E-state index in [-0.39, 0.29) is 10.9 Å². The Balaban J connectivity index is 2.88. The Morgan fingerprint density at radius 1 is 1.40 bits per heavy atom. The number of carbonyl (C=O) groups is 1. The summed E-state index contributed by atoms with van der Waals surface area (Å²) in [4.78, 5) is 10.9. The molecule has 0 radical (unpaired) electrons. The molecule has 0 spiro atoms. The molecule has 2 nitrogen and oxygen atoms in total. The SMILES string of the molecule is C=C(Cl)C(=O)n1cccc1. The van der Waals surface area contributed by atoms with Gasteiger partial charge in [0.1, 0.15) is 0 Å². The summed E-state index contributed by atoms with van der Waals surface area (Å²) in [6, 6.07) is 3.50. The third-order valence-corrected chi connectivity index (χ3v) is 1.23. The fraction of sp³-hybridized carbons (Fsp3) is 0. The lowest BCUT2D eigenvalue weighted by Crippen LogP contribution is -2.06. The van der Waals surface area contributed by atoms with Crippen LogP contribution in [0.2, 0.25) is 0 Å². The van der Waals surface area contributed by atoms with Gasteiger partial charge >= 0.3 is 0 Å². The fourth-order valence-corrected chi connectivity index (χ4v) is 0.708. The highest BCUT2D eigenvalue weighted by molar-refractivity contribution is 6.42. The van der Waals surface area contributed by atoms with Crippen molar-refractivity contribution >= 4 is 17.5 Å². The van der Waals surface area contributed by atoms with Crippen LogP contribution in [0.4, 0.5) is 0 Å². The summed E-state index contributed by atoms with van der Waals surface area (Å²) in [5.41, 5.74) is 0. The molecule has 0 saturated heterocycles. The van der Waals surface area contributed by atoms with E-state index in [1.165, 1.54) is 4.57 Å². The summed E-state index contributed by atoms with van der Waals surface area (Å²) < 4.78 is 1.37. The molecule has 0 fully saturated rings. The van der Waals surface area contributed by atoms with Gasteiger partial charge in [-0.1, -0.05) is 18.2 Å². The molecule has 0 unspecified atom stereocenters. The number of nitrogens with zero attached hydrogens (tertiary/aromatic N) is 1. The highest BCUT2D eigenvalue weighted by Crippen LogP contribution is 2.01. The minimum atomic E-state index is -0.285. The van der Waals surface area contributed by atoms with E-state index < -0.39 is 0 Å². The van der Waals surface area contributed by atoms with Crippen LogP contribution in [0.3, 0.4) is 0 Å². The standard InChI is InChI=1S/C7H6ClNO/c1-6(8)7(10)9-4-2-3-5-9/h2-5H,1H2. The summed E-state index contributed by atoms with van der Waals surface area (Å²) in [6.07, 6.45) is 3.24. The molecule has 0 saturated carbocycles. The molecule has 0 aliphatic carbocycles. The zero-order valence-electron chi connectivity index (χ0n) is 5.25. The van der Waals surface area contributed by atoms with Gasteiger partial charge in [0, 0.05) is 12.4 Å². The van der Waals surface area contributed by atoms with Gasteiger partial charge in [-0.25, -0.2) is 0 Å². The molecular weight excluding hydrogens is 150 g/mol. The van der Waals surface area contributed by atoms with Crippen LogP contribution in [0.1, 0.15) is 4.79 Å². The van der Waals surface area contributed by atoms with Crippen LogP contribution in [-0.4, -0.2) is 10.5 Å². The lowest BCUT2D eigenvalue weighted by atomic mass is 10.6. The van der Waals surface area contributed by atoms with Gasteiger partial charge in [0.25, 0.3) is 5.91 Å². The molecule has 0 aliphatic heterocycles. The van der Waals surface area contributed by atoms with Crippen LogP contribution >= 0.6 is 11.6 Å². The first kappa shape index (κ1) is 7.09. The van der Waals surface area contributed by atoms with Gasteiger partial charge in [0.2, 0.25) is 0 Å². The highest BCUT2D eigenvalue weighted by Gasteiger charge is 2.03. The van der Waals surface area contributed by atoms with Gasteiger partial charge < -0.3 is 0 Å². The van der Waals surface area contributed by atoms with E-state index in [9.17, 15) is 4.79 Å². The first-order valence-corrected chi connectivity index (χ1v) is 3.11. The van der Waals surface area contributed by atoms with Crippen molar-refractivity contribution in [3.05, 3.63) is 36.1 Å². The van der Waals surface area contributed by atoms with Gasteiger partial charge in [0.05, 0.1) is 5.03 Å². The average molecular weight is 156 g/mol. The van der Waals surface area contributed by atoms with Crippen molar-refractivity contribution in [2.24, 2.45) is 0 Å². The maximum absolute atomic E-state index is 10.9. The molecule has 0 bridgehead atoms. The van der Waals surface area contributed by atoms with E-state index in [1.54, 1.807) is 24.5 Å². The third kappa shape index (κ3) is 1.28. The molecule has 0 aliphatic rings. The van der Waals surface area contributed by atoms with Crippen molar-refractivity contribution in [1.29, 1.82) is 0 Å². The number of halogens is 1. The van der Waals surface area contributed by atoms with Crippen molar-refractivity contribution in [1.82, 2.24) is 4.57 Å². The molecule has 3 heteroatoms. The Hall–Kier alpha value is -1.02. The highest BCUT2D eigenvalue weighted by atomic mass is 35.5. The van der Waals surface area contributed by atoms with Crippen molar-refractivity contribution < 1.29 is 4.79 Å². The van der Waals surface area contributed by atoms with Crippen LogP contribution in [-0.2, 0) is 0 Å². The Labute approximate surface area is 63.7 Å². The van der Waals surface area contributed by atoms with Crippen LogP contribution < -0.4 is 0 Å². The Morgan fingerprint density at radius 3 is 2.30 bits per heavy atom. The molecule has 1 aromatic rings. The minimum Gasteiger partial charge on any atom is -0.290 e. The number of hydrogen-bond acceptors (Lipinski definition) is 1. The second-order valence-corrected chi connectivity index (χ2v) is 2.26. The molecule has 0 amide bonds. The van der Waals surface area contributed by atoms with E-state index in [4.69, 9.17) is 11.6 Å². The van der Waals surface area contributed by atoms with Crippen molar-refractivity contribution in [2.45, 2.75) is 0 Å². The lowest BCUT2D eigenvalue weighted by Gasteiger charge is -1.95. The van der Waals surface area contributed by atoms with Gasteiger partial charge in [0.15, 0.2) is 0 Å². The van der Waals surface area contributed by atoms with E-state index in [0.717, 1.165) is 0 Å². The average Bonchev–Trinajstić information content (AvgIpc) is 2.36. The second-order valence-electron chi connectivity index (χ2n) is 1.80. The maximum atomic E-state index is 10.9. The molecular formula is C7H6ClNO. The van der Waals surface area contributed by atoms with Gasteiger partial charge in [-0.3, -0.25) is 9.36 Å². The van der Waals surface area contributed by atoms with E-state index in [0.29, 0.717) is 0 Å². The monoisotopic (exact) mass is 155 g/mol. The Morgan fingerprint density at radius 2 is 1.90 bits per heavy atom. The zero-order chi connectivity index (χ0) is 7.56. The molecule has 0 aromatic carbocycles. The summed E-state index contributed by atoms with van der Waals surface area (Å²) >= 11 is 5.35. The van der Waals surface area contributed by atoms with E-state index in [1.807, 2.05) is 0 Å². The fourth-order valence-electron chi connectivity index (χ4n) is 0.610. The number of hydrogen-bond donors (Lipinski definition) is 0. The smallest absolute Gasteiger partial charge is 0.272 e. The first-order chi connectivity index (χ1) is 4.72. The van der Waals surface area contributed by atoms with Crippen molar-refractivity contribution in [3.8, 4) is 0 Å². The summed E-state index contributed by atoms with van der Waals surface area (Å²) in [6.45, 7) is 3.31. The Kier molecular flexibility index (Phi) is 1.92. The van der Waals surface area contributed by atoms with Crippen LogP contribution in [0.25, 0.3) is 0 Å². The van der Waals surface area contributed by atoms with Crippen LogP contribution in [0.15, 0.2) is 36.1 Å². The predicted molar refractivity (Wildman–Crippen MR) is 40.1 cm³/mol. The molecule has 52 valence electrons. The topological polar surface area (TPSA) is 22.0 Å². The normalized spacial score (nSPS) is 9.30. The van der Waals surface area contributed by atoms with Crippen LogP contribution in [0, 0.1) is 0 Å².